The maximum Gasteiger partial charge on any atom is 0.144 e. The largest absolute Gasteiger partial charge is 0.491 e. The molecule has 1 N–H and O–H groups in total. The van der Waals surface area contributed by atoms with Gasteiger partial charge in [-0.3, -0.25) is 5.32 Å². The van der Waals surface area contributed by atoms with Crippen LogP contribution in [0.5, 0.6) is 5.75 Å². The number of nitrogens with zero attached hydrogens (tertiary/aromatic N) is 1. The second-order valence-electron chi connectivity index (χ2n) is 5.88. The van der Waals surface area contributed by atoms with Crippen molar-refractivity contribution in [2.24, 2.45) is 5.92 Å². The second kappa shape index (κ2) is 4.86. The summed E-state index contributed by atoms with van der Waals surface area (Å²) in [6.45, 7) is 2.51. The number of hydrogen-bond acceptors (Lipinski definition) is 3. The van der Waals surface area contributed by atoms with Crippen LogP contribution in [-0.2, 0) is 0 Å². The fourth-order valence-corrected chi connectivity index (χ4v) is 2.43. The van der Waals surface area contributed by atoms with Crippen molar-refractivity contribution in [3.8, 4) is 11.8 Å². The van der Waals surface area contributed by atoms with Crippen LogP contribution in [0.15, 0.2) is 24.3 Å². The van der Waals surface area contributed by atoms with Crippen molar-refractivity contribution in [3.05, 3.63) is 29.8 Å². The summed E-state index contributed by atoms with van der Waals surface area (Å²) >= 11 is 0. The van der Waals surface area contributed by atoms with E-state index < -0.39 is 5.54 Å². The highest BCUT2D eigenvalue weighted by Crippen LogP contribution is 2.41. The fourth-order valence-electron chi connectivity index (χ4n) is 2.43. The summed E-state index contributed by atoms with van der Waals surface area (Å²) < 4.78 is 5.86. The van der Waals surface area contributed by atoms with E-state index in [2.05, 4.69) is 18.3 Å². The van der Waals surface area contributed by atoms with Crippen molar-refractivity contribution in [1.29, 1.82) is 5.26 Å². The molecule has 0 saturated heterocycles. The molecule has 3 rings (SSSR count). The van der Waals surface area contributed by atoms with Gasteiger partial charge in [0, 0.05) is 6.04 Å². The zero-order valence-corrected chi connectivity index (χ0v) is 11.4. The molecule has 1 aromatic carbocycles. The third-order valence-corrected chi connectivity index (χ3v) is 4.00. The first-order valence-corrected chi connectivity index (χ1v) is 7.10. The Morgan fingerprint density at radius 1 is 1.26 bits per heavy atom. The van der Waals surface area contributed by atoms with Crippen LogP contribution in [0.3, 0.4) is 0 Å². The average molecular weight is 256 g/mol. The van der Waals surface area contributed by atoms with Gasteiger partial charge in [-0.15, -0.1) is 0 Å². The van der Waals surface area contributed by atoms with E-state index >= 15 is 0 Å². The number of rotatable bonds is 6. The Bertz CT molecular complexity index is 482. The van der Waals surface area contributed by atoms with Crippen LogP contribution >= 0.6 is 0 Å². The summed E-state index contributed by atoms with van der Waals surface area (Å²) in [5.41, 5.74) is 0.740. The van der Waals surface area contributed by atoms with Gasteiger partial charge >= 0.3 is 0 Å². The van der Waals surface area contributed by atoms with Crippen molar-refractivity contribution in [2.75, 3.05) is 6.61 Å². The number of benzene rings is 1. The smallest absolute Gasteiger partial charge is 0.144 e. The molecule has 1 unspecified atom stereocenters. The number of nitriles is 1. The van der Waals surface area contributed by atoms with Gasteiger partial charge in [0.15, 0.2) is 0 Å². The number of aryl methyl sites for hydroxylation is 1. The fraction of sp³-hybridized carbons (Fsp3) is 0.562. The zero-order chi connectivity index (χ0) is 13.3. The molecule has 2 aliphatic rings. The zero-order valence-electron chi connectivity index (χ0n) is 11.4. The van der Waals surface area contributed by atoms with Crippen LogP contribution in [0.2, 0.25) is 0 Å². The lowest BCUT2D eigenvalue weighted by Crippen LogP contribution is -2.52. The minimum Gasteiger partial charge on any atom is -0.491 e. The van der Waals surface area contributed by atoms with Gasteiger partial charge in [0.1, 0.15) is 17.9 Å². The minimum atomic E-state index is -0.480. The maximum atomic E-state index is 9.59. The van der Waals surface area contributed by atoms with Crippen molar-refractivity contribution < 1.29 is 4.74 Å². The molecule has 1 atom stereocenters. The molecule has 2 saturated carbocycles. The topological polar surface area (TPSA) is 45.0 Å². The number of ether oxygens (including phenoxy) is 1. The molecule has 3 nitrogen and oxygen atoms in total. The third kappa shape index (κ3) is 2.90. The van der Waals surface area contributed by atoms with E-state index in [1.807, 2.05) is 24.3 Å². The summed E-state index contributed by atoms with van der Waals surface area (Å²) in [7, 11) is 0. The van der Waals surface area contributed by atoms with Crippen LogP contribution in [0.1, 0.15) is 31.2 Å². The summed E-state index contributed by atoms with van der Waals surface area (Å²) in [6.07, 6.45) is 4.68. The first-order chi connectivity index (χ1) is 9.22. The predicted molar refractivity (Wildman–Crippen MR) is 73.9 cm³/mol. The Kier molecular flexibility index (Phi) is 3.20. The molecule has 100 valence electrons. The molecule has 0 aliphatic heterocycles. The Morgan fingerprint density at radius 3 is 2.47 bits per heavy atom. The molecule has 1 aromatic rings. The van der Waals surface area contributed by atoms with E-state index in [0.29, 0.717) is 18.6 Å². The first-order valence-electron chi connectivity index (χ1n) is 7.10. The van der Waals surface area contributed by atoms with Crippen LogP contribution in [-0.4, -0.2) is 18.2 Å². The van der Waals surface area contributed by atoms with E-state index in [1.165, 1.54) is 18.4 Å². The van der Waals surface area contributed by atoms with Crippen molar-refractivity contribution >= 4 is 0 Å². The monoisotopic (exact) mass is 256 g/mol. The summed E-state index contributed by atoms with van der Waals surface area (Å²) in [4.78, 5) is 0. The van der Waals surface area contributed by atoms with E-state index in [9.17, 15) is 5.26 Å². The highest BCUT2D eigenvalue weighted by atomic mass is 16.5. The Labute approximate surface area is 114 Å². The molecule has 0 heterocycles. The van der Waals surface area contributed by atoms with E-state index in [0.717, 1.165) is 18.6 Å². The van der Waals surface area contributed by atoms with Crippen molar-refractivity contribution in [1.82, 2.24) is 5.32 Å². The molecule has 0 spiro atoms. The molecular formula is C16H20N2O. The standard InChI is InChI=1S/C16H20N2O/c1-12-2-8-15(9-3-12)19-11-16(10-17,13-4-5-13)18-14-6-7-14/h2-3,8-9,13-14,18H,4-7,11H2,1H3. The Morgan fingerprint density at radius 2 is 1.95 bits per heavy atom. The summed E-state index contributed by atoms with van der Waals surface area (Å²) in [5.74, 6) is 1.31. The average Bonchev–Trinajstić information content (AvgIpc) is 3.28. The van der Waals surface area contributed by atoms with Crippen molar-refractivity contribution in [3.63, 3.8) is 0 Å². The molecule has 0 radical (unpaired) electrons. The van der Waals surface area contributed by atoms with Gasteiger partial charge in [0.25, 0.3) is 0 Å². The van der Waals surface area contributed by atoms with Crippen LogP contribution in [0.4, 0.5) is 0 Å². The second-order valence-corrected chi connectivity index (χ2v) is 5.88. The summed E-state index contributed by atoms with van der Waals surface area (Å²) in [5, 5.41) is 13.1. The lowest BCUT2D eigenvalue weighted by atomic mass is 9.96. The predicted octanol–water partition coefficient (Wildman–Crippen LogP) is 2.80. The van der Waals surface area contributed by atoms with E-state index in [1.54, 1.807) is 0 Å². The normalized spacial score (nSPS) is 21.5. The molecule has 3 heteroatoms. The van der Waals surface area contributed by atoms with E-state index in [4.69, 9.17) is 4.74 Å². The molecule has 2 aliphatic carbocycles. The number of nitrogens with one attached hydrogen (secondary N) is 1. The molecule has 19 heavy (non-hydrogen) atoms. The van der Waals surface area contributed by atoms with E-state index in [-0.39, 0.29) is 0 Å². The highest BCUT2D eigenvalue weighted by molar-refractivity contribution is 5.27. The van der Waals surface area contributed by atoms with Crippen molar-refractivity contribution in [2.45, 2.75) is 44.2 Å². The molecule has 0 bridgehead atoms. The van der Waals surface area contributed by atoms with Crippen LogP contribution in [0, 0.1) is 24.2 Å². The lowest BCUT2D eigenvalue weighted by molar-refractivity contribution is 0.200. The van der Waals surface area contributed by atoms with Crippen LogP contribution < -0.4 is 10.1 Å². The first kappa shape index (κ1) is 12.5. The van der Waals surface area contributed by atoms with Gasteiger partial charge in [0.2, 0.25) is 0 Å². The SMILES string of the molecule is Cc1ccc(OCC(C#N)(NC2CC2)C2CC2)cc1. The van der Waals surface area contributed by atoms with Crippen LogP contribution in [0.25, 0.3) is 0 Å². The van der Waals surface area contributed by atoms with Gasteiger partial charge in [-0.2, -0.15) is 5.26 Å². The van der Waals surface area contributed by atoms with Gasteiger partial charge in [-0.1, -0.05) is 17.7 Å². The minimum absolute atomic E-state index is 0.452. The van der Waals surface area contributed by atoms with Gasteiger partial charge in [0.05, 0.1) is 6.07 Å². The molecule has 0 amide bonds. The quantitative estimate of drug-likeness (QED) is 0.851. The lowest BCUT2D eigenvalue weighted by Gasteiger charge is -2.28. The van der Waals surface area contributed by atoms with Gasteiger partial charge < -0.3 is 4.74 Å². The third-order valence-electron chi connectivity index (χ3n) is 4.00. The number of hydrogen-bond donors (Lipinski definition) is 1. The highest BCUT2D eigenvalue weighted by Gasteiger charge is 2.49. The Hall–Kier alpha value is -1.53. The maximum absolute atomic E-state index is 9.59. The summed E-state index contributed by atoms with van der Waals surface area (Å²) in [6, 6.07) is 11.0. The Balaban J connectivity index is 1.67. The molecule has 2 fully saturated rings. The van der Waals surface area contributed by atoms with Gasteiger partial charge in [-0.05, 0) is 50.7 Å². The molecule has 0 aromatic heterocycles. The van der Waals surface area contributed by atoms with Gasteiger partial charge in [-0.25, -0.2) is 0 Å². The molecular weight excluding hydrogens is 236 g/mol.